The van der Waals surface area contributed by atoms with E-state index in [0.717, 1.165) is 16.3 Å². The van der Waals surface area contributed by atoms with E-state index in [4.69, 9.17) is 0 Å². The second kappa shape index (κ2) is 4.98. The highest BCUT2D eigenvalue weighted by atomic mass is 16.6. The van der Waals surface area contributed by atoms with E-state index in [2.05, 4.69) is 0 Å². The van der Waals surface area contributed by atoms with E-state index in [1.165, 1.54) is 6.92 Å². The normalized spacial score (nSPS) is 10.9. The van der Waals surface area contributed by atoms with Gasteiger partial charge in [0, 0.05) is 6.42 Å². The number of nitro benzene ring substituents is 1. The summed E-state index contributed by atoms with van der Waals surface area (Å²) in [4.78, 5) is 22.7. The zero-order chi connectivity index (χ0) is 15.0. The van der Waals surface area contributed by atoms with Crippen molar-refractivity contribution in [1.29, 1.82) is 0 Å². The van der Waals surface area contributed by atoms with Crippen molar-refractivity contribution in [1.82, 2.24) is 0 Å². The highest BCUT2D eigenvalue weighted by molar-refractivity contribution is 6.12. The summed E-state index contributed by atoms with van der Waals surface area (Å²) in [6.45, 7) is 1.53. The molecule has 0 aliphatic carbocycles. The molecule has 0 aliphatic heterocycles. The van der Waals surface area contributed by atoms with Gasteiger partial charge in [0.1, 0.15) is 5.78 Å². The summed E-state index contributed by atoms with van der Waals surface area (Å²) in [6.07, 6.45) is 0.277. The molecule has 0 amide bonds. The lowest BCUT2D eigenvalue weighted by Crippen LogP contribution is -2.01. The van der Waals surface area contributed by atoms with E-state index in [1.807, 2.05) is 24.3 Å². The summed E-state index contributed by atoms with van der Waals surface area (Å²) in [5, 5.41) is 14.2. The zero-order valence-corrected chi connectivity index (χ0v) is 11.5. The van der Waals surface area contributed by atoms with Gasteiger partial charge in [-0.05, 0) is 35.4 Å². The molecule has 0 saturated carbocycles. The average Bonchev–Trinajstić information content (AvgIpc) is 2.46. The molecule has 3 aromatic rings. The smallest absolute Gasteiger partial charge is 0.284 e. The lowest BCUT2D eigenvalue weighted by molar-refractivity contribution is -0.381. The number of benzene rings is 3. The Kier molecular flexibility index (Phi) is 3.14. The van der Waals surface area contributed by atoms with Crippen LogP contribution in [0.15, 0.2) is 48.5 Å². The van der Waals surface area contributed by atoms with E-state index in [1.54, 1.807) is 24.3 Å². The molecule has 104 valence electrons. The third-order valence-corrected chi connectivity index (χ3v) is 3.62. The molecule has 0 unspecified atom stereocenters. The Bertz CT molecular complexity index is 827. The van der Waals surface area contributed by atoms with Gasteiger partial charge in [-0.3, -0.25) is 14.9 Å². The number of fused-ring (bicyclic) bond motifs is 2. The first kappa shape index (κ1) is 13.2. The van der Waals surface area contributed by atoms with Gasteiger partial charge in [0.15, 0.2) is 0 Å². The number of hydrogen-bond acceptors (Lipinski definition) is 3. The fourth-order valence-electron chi connectivity index (χ4n) is 2.83. The molecule has 0 heterocycles. The quantitative estimate of drug-likeness (QED) is 0.413. The van der Waals surface area contributed by atoms with Gasteiger partial charge >= 0.3 is 0 Å². The third kappa shape index (κ3) is 2.14. The number of carbonyl (C=O) groups is 1. The monoisotopic (exact) mass is 279 g/mol. The van der Waals surface area contributed by atoms with Crippen LogP contribution in [0.5, 0.6) is 0 Å². The standard InChI is InChI=1S/C17H13NO3/c1-11(19)10-16-12-6-2-4-8-14(12)17(18(20)21)15-9-5-3-7-13(15)16/h2-9H,10H2,1H3. The Labute approximate surface area is 121 Å². The van der Waals surface area contributed by atoms with Crippen LogP contribution in [0.25, 0.3) is 21.5 Å². The lowest BCUT2D eigenvalue weighted by atomic mass is 9.92. The summed E-state index contributed by atoms with van der Waals surface area (Å²) in [7, 11) is 0. The Balaban J connectivity index is 2.57. The fraction of sp³-hybridized carbons (Fsp3) is 0.118. The first-order valence-electron chi connectivity index (χ1n) is 6.65. The first-order valence-corrected chi connectivity index (χ1v) is 6.65. The third-order valence-electron chi connectivity index (χ3n) is 3.62. The number of ketones is 1. The Hall–Kier alpha value is -2.75. The summed E-state index contributed by atoms with van der Waals surface area (Å²) in [5.41, 5.74) is 0.966. The molecule has 4 heteroatoms. The Morgan fingerprint density at radius 3 is 1.76 bits per heavy atom. The van der Waals surface area contributed by atoms with Gasteiger partial charge in [0.25, 0.3) is 5.69 Å². The number of carbonyl (C=O) groups excluding carboxylic acids is 1. The van der Waals surface area contributed by atoms with E-state index in [0.29, 0.717) is 10.8 Å². The van der Waals surface area contributed by atoms with Crippen molar-refractivity contribution in [2.24, 2.45) is 0 Å². The Morgan fingerprint density at radius 1 is 0.952 bits per heavy atom. The predicted molar refractivity (Wildman–Crippen MR) is 82.5 cm³/mol. The van der Waals surface area contributed by atoms with Crippen LogP contribution in [0.4, 0.5) is 5.69 Å². The first-order chi connectivity index (χ1) is 10.1. The van der Waals surface area contributed by atoms with Crippen LogP contribution in [0, 0.1) is 10.1 Å². The second-order valence-corrected chi connectivity index (χ2v) is 5.05. The molecular weight excluding hydrogens is 266 g/mol. The maximum absolute atomic E-state index is 11.6. The minimum atomic E-state index is -0.345. The largest absolute Gasteiger partial charge is 0.300 e. The molecule has 0 atom stereocenters. The number of non-ortho nitro benzene ring substituents is 1. The summed E-state index contributed by atoms with van der Waals surface area (Å²) < 4.78 is 0. The molecule has 0 aromatic heterocycles. The molecule has 0 fully saturated rings. The van der Waals surface area contributed by atoms with Crippen LogP contribution >= 0.6 is 0 Å². The van der Waals surface area contributed by atoms with E-state index in [9.17, 15) is 14.9 Å². The molecule has 0 radical (unpaired) electrons. The van der Waals surface area contributed by atoms with Gasteiger partial charge < -0.3 is 0 Å². The van der Waals surface area contributed by atoms with Crippen molar-refractivity contribution < 1.29 is 9.72 Å². The molecule has 3 rings (SSSR count). The molecule has 0 aliphatic rings. The second-order valence-electron chi connectivity index (χ2n) is 5.05. The summed E-state index contributed by atoms with van der Waals surface area (Å²) >= 11 is 0. The zero-order valence-electron chi connectivity index (χ0n) is 11.5. The van der Waals surface area contributed by atoms with Crippen molar-refractivity contribution in [3.05, 3.63) is 64.2 Å². The topological polar surface area (TPSA) is 60.2 Å². The SMILES string of the molecule is CC(=O)Cc1c2ccccc2c([N+](=O)[O-])c2ccccc12. The number of nitrogens with zero attached hydrogens (tertiary/aromatic N) is 1. The van der Waals surface area contributed by atoms with Crippen LogP contribution in [0.1, 0.15) is 12.5 Å². The van der Waals surface area contributed by atoms with E-state index < -0.39 is 0 Å². The molecule has 0 spiro atoms. The average molecular weight is 279 g/mol. The number of nitro groups is 1. The van der Waals surface area contributed by atoms with Crippen LogP contribution in [-0.4, -0.2) is 10.7 Å². The van der Waals surface area contributed by atoms with Gasteiger partial charge in [-0.25, -0.2) is 0 Å². The molecule has 3 aromatic carbocycles. The fourth-order valence-corrected chi connectivity index (χ4v) is 2.83. The predicted octanol–water partition coefficient (Wildman–Crippen LogP) is 4.03. The van der Waals surface area contributed by atoms with Gasteiger partial charge in [0.05, 0.1) is 15.7 Å². The minimum absolute atomic E-state index is 0.0409. The minimum Gasteiger partial charge on any atom is -0.300 e. The molecular formula is C17H13NO3. The molecule has 0 saturated heterocycles. The number of rotatable bonds is 3. The molecule has 21 heavy (non-hydrogen) atoms. The maximum Gasteiger partial charge on any atom is 0.284 e. The highest BCUT2D eigenvalue weighted by Gasteiger charge is 2.21. The summed E-state index contributed by atoms with van der Waals surface area (Å²) in [5.74, 6) is 0.0409. The van der Waals surface area contributed by atoms with Crippen LogP contribution in [-0.2, 0) is 11.2 Å². The van der Waals surface area contributed by atoms with E-state index in [-0.39, 0.29) is 22.8 Å². The van der Waals surface area contributed by atoms with Crippen LogP contribution < -0.4 is 0 Å². The van der Waals surface area contributed by atoms with Gasteiger partial charge in [-0.2, -0.15) is 0 Å². The molecule has 0 N–H and O–H groups in total. The van der Waals surface area contributed by atoms with Crippen LogP contribution in [0.2, 0.25) is 0 Å². The molecule has 0 bridgehead atoms. The van der Waals surface area contributed by atoms with Crippen molar-refractivity contribution >= 4 is 33.0 Å². The van der Waals surface area contributed by atoms with Gasteiger partial charge in [0.2, 0.25) is 0 Å². The van der Waals surface area contributed by atoms with Crippen molar-refractivity contribution in [2.45, 2.75) is 13.3 Å². The van der Waals surface area contributed by atoms with Gasteiger partial charge in [-0.1, -0.05) is 36.4 Å². The van der Waals surface area contributed by atoms with Crippen molar-refractivity contribution in [3.63, 3.8) is 0 Å². The maximum atomic E-state index is 11.6. The highest BCUT2D eigenvalue weighted by Crippen LogP contribution is 2.38. The van der Waals surface area contributed by atoms with Crippen LogP contribution in [0.3, 0.4) is 0 Å². The van der Waals surface area contributed by atoms with Crippen molar-refractivity contribution in [2.75, 3.05) is 0 Å². The number of hydrogen-bond donors (Lipinski definition) is 0. The van der Waals surface area contributed by atoms with E-state index >= 15 is 0 Å². The van der Waals surface area contributed by atoms with Gasteiger partial charge in [-0.15, -0.1) is 0 Å². The lowest BCUT2D eigenvalue weighted by Gasteiger charge is -2.11. The molecule has 4 nitrogen and oxygen atoms in total. The van der Waals surface area contributed by atoms with Crippen molar-refractivity contribution in [3.8, 4) is 0 Å². The summed E-state index contributed by atoms with van der Waals surface area (Å²) in [6, 6.07) is 14.4. The Morgan fingerprint density at radius 2 is 1.38 bits per heavy atom. The number of Topliss-reactive ketones (excluding diaryl/α,β-unsaturated/α-hetero) is 1.